The lowest BCUT2D eigenvalue weighted by Gasteiger charge is -2.16. The smallest absolute Gasteiger partial charge is 0.338 e. The second-order valence-corrected chi connectivity index (χ2v) is 9.24. The molecule has 0 radical (unpaired) electrons. The highest BCUT2D eigenvalue weighted by molar-refractivity contribution is 7.89. The molecule has 170 valence electrons. The molecule has 32 heavy (non-hydrogen) atoms. The van der Waals surface area contributed by atoms with E-state index < -0.39 is 27.9 Å². The van der Waals surface area contributed by atoms with Gasteiger partial charge in [0.1, 0.15) is 16.5 Å². The average molecular weight is 463 g/mol. The van der Waals surface area contributed by atoms with Crippen molar-refractivity contribution in [2.24, 2.45) is 0 Å². The van der Waals surface area contributed by atoms with Crippen LogP contribution in [0.5, 0.6) is 5.75 Å². The van der Waals surface area contributed by atoms with Gasteiger partial charge in [0.05, 0.1) is 12.7 Å². The maximum Gasteiger partial charge on any atom is 0.338 e. The Morgan fingerprint density at radius 3 is 2.53 bits per heavy atom. The number of sulfonamides is 1. The molecule has 3 rings (SSSR count). The minimum atomic E-state index is -3.86. The minimum Gasteiger partial charge on any atom is -0.495 e. The summed E-state index contributed by atoms with van der Waals surface area (Å²) in [5.74, 6) is -0.961. The molecule has 0 N–H and O–H groups in total. The largest absolute Gasteiger partial charge is 0.495 e. The van der Waals surface area contributed by atoms with Gasteiger partial charge in [-0.1, -0.05) is 17.3 Å². The van der Waals surface area contributed by atoms with Gasteiger partial charge >= 0.3 is 5.97 Å². The first kappa shape index (κ1) is 23.4. The fraction of sp³-hybridized carbons (Fsp3) is 0.286. The maximum absolute atomic E-state index is 13.8. The van der Waals surface area contributed by atoms with Crippen LogP contribution >= 0.6 is 0 Å². The molecule has 9 nitrogen and oxygen atoms in total. The summed E-state index contributed by atoms with van der Waals surface area (Å²) in [7, 11) is 0.209. The number of aromatic nitrogens is 2. The number of benzene rings is 2. The van der Waals surface area contributed by atoms with Gasteiger partial charge in [-0.05, 0) is 43.7 Å². The van der Waals surface area contributed by atoms with Crippen molar-refractivity contribution in [1.29, 1.82) is 0 Å². The van der Waals surface area contributed by atoms with Crippen LogP contribution in [0.4, 0.5) is 4.39 Å². The third-order valence-corrected chi connectivity index (χ3v) is 6.50. The highest BCUT2D eigenvalue weighted by Gasteiger charge is 2.26. The molecule has 0 saturated heterocycles. The van der Waals surface area contributed by atoms with Gasteiger partial charge in [-0.2, -0.15) is 4.98 Å². The van der Waals surface area contributed by atoms with Crippen molar-refractivity contribution in [3.05, 3.63) is 59.2 Å². The summed E-state index contributed by atoms with van der Waals surface area (Å²) < 4.78 is 55.5. The summed E-state index contributed by atoms with van der Waals surface area (Å²) in [4.78, 5) is 16.6. The Morgan fingerprint density at radius 2 is 1.91 bits per heavy atom. The molecule has 0 aliphatic carbocycles. The van der Waals surface area contributed by atoms with Crippen molar-refractivity contribution in [2.45, 2.75) is 24.8 Å². The predicted octanol–water partition coefficient (Wildman–Crippen LogP) is 3.36. The van der Waals surface area contributed by atoms with Gasteiger partial charge in [0, 0.05) is 19.7 Å². The molecule has 0 spiro atoms. The van der Waals surface area contributed by atoms with Crippen LogP contribution in [0.3, 0.4) is 0 Å². The van der Waals surface area contributed by atoms with Gasteiger partial charge in [0.25, 0.3) is 5.89 Å². The van der Waals surface area contributed by atoms with E-state index in [1.807, 2.05) is 0 Å². The predicted molar refractivity (Wildman–Crippen MR) is 112 cm³/mol. The standard InChI is InChI=1S/C21H22FN3O6S/c1-12-6-7-14(10-16(12)22)19-23-20(31-24-19)13(2)30-21(26)15-8-9-17(29-5)18(11-15)32(27,28)25(3)4/h6-11,13H,1-5H3/t13-/m0/s1. The quantitative estimate of drug-likeness (QED) is 0.491. The van der Waals surface area contributed by atoms with Crippen LogP contribution in [-0.2, 0) is 14.8 Å². The van der Waals surface area contributed by atoms with Crippen LogP contribution in [0.15, 0.2) is 45.8 Å². The van der Waals surface area contributed by atoms with Crippen LogP contribution in [0.25, 0.3) is 11.4 Å². The number of methoxy groups -OCH3 is 1. The van der Waals surface area contributed by atoms with Gasteiger partial charge in [0.15, 0.2) is 6.10 Å². The maximum atomic E-state index is 13.8. The monoisotopic (exact) mass is 463 g/mol. The third-order valence-electron chi connectivity index (χ3n) is 4.66. The van der Waals surface area contributed by atoms with E-state index in [4.69, 9.17) is 14.0 Å². The minimum absolute atomic E-state index is 0.00146. The lowest BCUT2D eigenvalue weighted by molar-refractivity contribution is 0.0265. The number of carbonyl (C=O) groups excluding carboxylic acids is 1. The Hall–Kier alpha value is -3.31. The summed E-state index contributed by atoms with van der Waals surface area (Å²) in [5, 5.41) is 3.80. The molecule has 0 aliphatic rings. The molecule has 1 aromatic heterocycles. The number of aryl methyl sites for hydroxylation is 1. The average Bonchev–Trinajstić information content (AvgIpc) is 3.25. The first-order chi connectivity index (χ1) is 15.0. The molecule has 0 bridgehead atoms. The summed E-state index contributed by atoms with van der Waals surface area (Å²) in [6, 6.07) is 8.45. The zero-order chi connectivity index (χ0) is 23.6. The first-order valence-electron chi connectivity index (χ1n) is 9.46. The molecule has 2 aromatic carbocycles. The van der Waals surface area contributed by atoms with Crippen molar-refractivity contribution in [1.82, 2.24) is 14.4 Å². The van der Waals surface area contributed by atoms with Gasteiger partial charge in [-0.15, -0.1) is 0 Å². The second kappa shape index (κ2) is 9.05. The van der Waals surface area contributed by atoms with Crippen LogP contribution in [0.1, 0.15) is 34.8 Å². The first-order valence-corrected chi connectivity index (χ1v) is 10.9. The molecule has 1 atom stereocenters. The zero-order valence-corrected chi connectivity index (χ0v) is 18.9. The Bertz CT molecular complexity index is 1260. The molecule has 0 amide bonds. The fourth-order valence-corrected chi connectivity index (χ4v) is 3.81. The SMILES string of the molecule is COc1ccc(C(=O)O[C@@H](C)c2nc(-c3ccc(C)c(F)c3)no2)cc1S(=O)(=O)N(C)C. The molecule has 0 aliphatic heterocycles. The van der Waals surface area contributed by atoms with Gasteiger partial charge in [-0.25, -0.2) is 21.9 Å². The van der Waals surface area contributed by atoms with E-state index >= 15 is 0 Å². The second-order valence-electron chi connectivity index (χ2n) is 7.12. The Balaban J connectivity index is 1.82. The van der Waals surface area contributed by atoms with E-state index in [1.165, 1.54) is 52.4 Å². The normalized spacial score (nSPS) is 12.6. The number of nitrogens with zero attached hydrogens (tertiary/aromatic N) is 3. The van der Waals surface area contributed by atoms with Crippen LogP contribution in [-0.4, -0.2) is 50.0 Å². The zero-order valence-electron chi connectivity index (χ0n) is 18.1. The fourth-order valence-electron chi connectivity index (χ4n) is 2.73. The van der Waals surface area contributed by atoms with Gasteiger partial charge < -0.3 is 14.0 Å². The van der Waals surface area contributed by atoms with E-state index in [2.05, 4.69) is 10.1 Å². The Kier molecular flexibility index (Phi) is 6.60. The molecule has 3 aromatic rings. The number of esters is 1. The van der Waals surface area contributed by atoms with Crippen molar-refractivity contribution < 1.29 is 31.6 Å². The number of rotatable bonds is 7. The third kappa shape index (κ3) is 4.63. The topological polar surface area (TPSA) is 112 Å². The molecular weight excluding hydrogens is 441 g/mol. The molecule has 11 heteroatoms. The summed E-state index contributed by atoms with van der Waals surface area (Å²) in [6.07, 6.45) is -0.935. The molecule has 0 saturated carbocycles. The molecule has 0 unspecified atom stereocenters. The number of hydrogen-bond donors (Lipinski definition) is 0. The van der Waals surface area contributed by atoms with E-state index in [0.717, 1.165) is 4.31 Å². The number of carbonyl (C=O) groups is 1. The van der Waals surface area contributed by atoms with Crippen molar-refractivity contribution in [3.8, 4) is 17.1 Å². The van der Waals surface area contributed by atoms with Crippen molar-refractivity contribution in [3.63, 3.8) is 0 Å². The lowest BCUT2D eigenvalue weighted by Crippen LogP contribution is -2.23. The highest BCUT2D eigenvalue weighted by atomic mass is 32.2. The van der Waals surface area contributed by atoms with Crippen LogP contribution in [0.2, 0.25) is 0 Å². The van der Waals surface area contributed by atoms with Gasteiger partial charge in [0.2, 0.25) is 15.8 Å². The van der Waals surface area contributed by atoms with Crippen LogP contribution in [0, 0.1) is 12.7 Å². The number of halogens is 1. The van der Waals surface area contributed by atoms with E-state index in [0.29, 0.717) is 11.1 Å². The number of hydrogen-bond acceptors (Lipinski definition) is 8. The molecule has 1 heterocycles. The van der Waals surface area contributed by atoms with Crippen molar-refractivity contribution in [2.75, 3.05) is 21.2 Å². The van der Waals surface area contributed by atoms with E-state index in [1.54, 1.807) is 19.1 Å². The Morgan fingerprint density at radius 1 is 1.19 bits per heavy atom. The molecular formula is C21H22FN3O6S. The van der Waals surface area contributed by atoms with Crippen LogP contribution < -0.4 is 4.74 Å². The summed E-state index contributed by atoms with van der Waals surface area (Å²) >= 11 is 0. The van der Waals surface area contributed by atoms with E-state index in [-0.39, 0.29) is 27.9 Å². The van der Waals surface area contributed by atoms with Gasteiger partial charge in [-0.3, -0.25) is 0 Å². The summed E-state index contributed by atoms with van der Waals surface area (Å²) in [5.41, 5.74) is 0.892. The van der Waals surface area contributed by atoms with Crippen molar-refractivity contribution >= 4 is 16.0 Å². The molecule has 0 fully saturated rings. The lowest BCUT2D eigenvalue weighted by atomic mass is 10.1. The number of ether oxygens (including phenoxy) is 2. The Labute approximate surface area is 184 Å². The van der Waals surface area contributed by atoms with E-state index in [9.17, 15) is 17.6 Å². The highest BCUT2D eigenvalue weighted by Crippen LogP contribution is 2.28. The summed E-state index contributed by atoms with van der Waals surface area (Å²) in [6.45, 7) is 3.16.